The van der Waals surface area contributed by atoms with E-state index < -0.39 is 8.07 Å². The van der Waals surface area contributed by atoms with Crippen LogP contribution in [0.15, 0.2) is 29.5 Å². The molecule has 0 unspecified atom stereocenters. The smallest absolute Gasteiger partial charge is 1.00 e. The first kappa shape index (κ1) is 19.0. The van der Waals surface area contributed by atoms with Crippen LogP contribution in [0.1, 0.15) is 11.1 Å². The Balaban J connectivity index is 0. The van der Waals surface area contributed by atoms with Crippen molar-refractivity contribution in [2.24, 2.45) is 0 Å². The Morgan fingerprint density at radius 1 is 1.00 bits per heavy atom. The second kappa shape index (κ2) is 7.16. The third-order valence-corrected chi connectivity index (χ3v) is 4.98. The second-order valence-electron chi connectivity index (χ2n) is 4.80. The largest absolute Gasteiger partial charge is 2.00 e. The molecule has 1 aliphatic rings. The molecular formula is C12H16Cl2SiZr. The summed E-state index contributed by atoms with van der Waals surface area (Å²) in [5.41, 5.74) is 2.96. The molecule has 1 aromatic carbocycles. The van der Waals surface area contributed by atoms with Gasteiger partial charge in [-0.15, -0.1) is 0 Å². The van der Waals surface area contributed by atoms with Crippen molar-refractivity contribution in [3.63, 3.8) is 0 Å². The molecule has 0 nitrogen and oxygen atoms in total. The van der Waals surface area contributed by atoms with E-state index >= 15 is 0 Å². The third kappa shape index (κ3) is 4.14. The van der Waals surface area contributed by atoms with E-state index in [1.165, 1.54) is 17.5 Å². The number of benzene rings is 1. The van der Waals surface area contributed by atoms with Gasteiger partial charge in [0, 0.05) is 0 Å². The van der Waals surface area contributed by atoms with Crippen LogP contribution in [0.4, 0.5) is 0 Å². The molecule has 0 N–H and O–H groups in total. The fraction of sp³-hybridized carbons (Fsp3) is 0.333. The Morgan fingerprint density at radius 3 is 2.06 bits per heavy atom. The molecule has 0 saturated heterocycles. The van der Waals surface area contributed by atoms with Crippen molar-refractivity contribution in [1.82, 2.24) is 0 Å². The van der Waals surface area contributed by atoms with Crippen LogP contribution < -0.4 is 24.8 Å². The Labute approximate surface area is 131 Å². The Hall–Kier alpha value is 0.640. The monoisotopic (exact) mass is 348 g/mol. The molecule has 0 fully saturated rings. The molecule has 0 aliphatic heterocycles. The van der Waals surface area contributed by atoms with Gasteiger partial charge in [-0.25, -0.2) is 0 Å². The minimum atomic E-state index is -1.06. The molecule has 4 heteroatoms. The normalized spacial score (nSPS) is 12.6. The molecule has 0 spiro atoms. The summed E-state index contributed by atoms with van der Waals surface area (Å²) in [6, 6.07) is 8.74. The summed E-state index contributed by atoms with van der Waals surface area (Å²) < 4.78 is 0. The van der Waals surface area contributed by atoms with Gasteiger partial charge in [-0.1, -0.05) is 55.2 Å². The zero-order valence-electron chi connectivity index (χ0n) is 9.85. The number of hydrogen-bond donors (Lipinski definition) is 0. The van der Waals surface area contributed by atoms with E-state index in [4.69, 9.17) is 0 Å². The molecular weight excluding hydrogens is 334 g/mol. The first-order chi connectivity index (χ1) is 6.07. The van der Waals surface area contributed by atoms with Gasteiger partial charge in [0.1, 0.15) is 0 Å². The van der Waals surface area contributed by atoms with Crippen LogP contribution in [0.2, 0.25) is 19.6 Å². The van der Waals surface area contributed by atoms with E-state index in [0.717, 1.165) is 0 Å². The number of hydrogen-bond acceptors (Lipinski definition) is 0. The van der Waals surface area contributed by atoms with Gasteiger partial charge >= 0.3 is 26.2 Å². The first-order valence-corrected chi connectivity index (χ1v) is 8.36. The maximum absolute atomic E-state index is 2.42. The first-order valence-electron chi connectivity index (χ1n) is 4.86. The van der Waals surface area contributed by atoms with Gasteiger partial charge in [-0.3, -0.25) is 0 Å². The van der Waals surface area contributed by atoms with Crippen molar-refractivity contribution in [2.45, 2.75) is 26.1 Å². The van der Waals surface area contributed by atoms with Gasteiger partial charge in [0.15, 0.2) is 0 Å². The van der Waals surface area contributed by atoms with Crippen LogP contribution in [0.3, 0.4) is 0 Å². The van der Waals surface area contributed by atoms with Crippen molar-refractivity contribution < 1.29 is 51.0 Å². The Bertz CT molecular complexity index is 370. The average Bonchev–Trinajstić information content (AvgIpc) is 2.45. The van der Waals surface area contributed by atoms with Crippen LogP contribution in [-0.2, 0) is 32.6 Å². The molecule has 0 aromatic heterocycles. The number of rotatable bonds is 1. The zero-order chi connectivity index (χ0) is 9.47. The number of fused-ring (bicyclic) bond motifs is 1. The molecule has 0 atom stereocenters. The topological polar surface area (TPSA) is 0 Å². The van der Waals surface area contributed by atoms with E-state index in [1.54, 1.807) is 5.20 Å². The fourth-order valence-corrected chi connectivity index (χ4v) is 3.07. The Kier molecular flexibility index (Phi) is 8.50. The van der Waals surface area contributed by atoms with Gasteiger partial charge in [0.25, 0.3) is 0 Å². The van der Waals surface area contributed by atoms with Crippen molar-refractivity contribution >= 4 is 14.1 Å². The van der Waals surface area contributed by atoms with Crippen molar-refractivity contribution in [2.75, 3.05) is 0 Å². The Morgan fingerprint density at radius 2 is 1.56 bits per heavy atom. The molecule has 86 valence electrons. The van der Waals surface area contributed by atoms with Crippen LogP contribution in [0.25, 0.3) is 6.08 Å². The quantitative estimate of drug-likeness (QED) is 0.492. The molecule has 16 heavy (non-hydrogen) atoms. The van der Waals surface area contributed by atoms with Crippen LogP contribution >= 0.6 is 0 Å². The summed E-state index contributed by atoms with van der Waals surface area (Å²) in [6.45, 7) is 7.26. The summed E-state index contributed by atoms with van der Waals surface area (Å²) in [5, 5.41) is 1.69. The van der Waals surface area contributed by atoms with Gasteiger partial charge in [-0.05, 0) is 17.5 Å². The summed E-state index contributed by atoms with van der Waals surface area (Å²) in [5.74, 6) is 0. The SMILES string of the molecule is C[Si](C)(C)C1=Cc2ccccc2C1.[Cl-].[Cl-].[Zr+2]. The molecule has 0 heterocycles. The standard InChI is InChI=1S/C12H16Si.2ClH.Zr/c1-13(2,3)12-8-10-6-4-5-7-11(10)9-12;;;/h4-8H,9H2,1-3H3;2*1H;/q;;;+2/p-2. The molecule has 1 aromatic rings. The predicted octanol–water partition coefficient (Wildman–Crippen LogP) is -2.49. The van der Waals surface area contributed by atoms with Crippen molar-refractivity contribution in [3.05, 3.63) is 40.6 Å². The number of halogens is 2. The van der Waals surface area contributed by atoms with Crippen LogP contribution in [-0.4, -0.2) is 8.07 Å². The summed E-state index contributed by atoms with van der Waals surface area (Å²) >= 11 is 0. The van der Waals surface area contributed by atoms with Gasteiger partial charge in [-0.2, -0.15) is 0 Å². The fourth-order valence-electron chi connectivity index (χ4n) is 1.76. The molecule has 0 radical (unpaired) electrons. The zero-order valence-corrected chi connectivity index (χ0v) is 14.8. The van der Waals surface area contributed by atoms with E-state index in [1.807, 2.05) is 0 Å². The maximum atomic E-state index is 2.42. The number of allylic oxidation sites excluding steroid dienone is 1. The molecule has 0 amide bonds. The minimum Gasteiger partial charge on any atom is -1.00 e. The van der Waals surface area contributed by atoms with Crippen LogP contribution in [0.5, 0.6) is 0 Å². The van der Waals surface area contributed by atoms with E-state index in [2.05, 4.69) is 50.0 Å². The van der Waals surface area contributed by atoms with Gasteiger partial charge < -0.3 is 24.8 Å². The van der Waals surface area contributed by atoms with Crippen LogP contribution in [0, 0.1) is 0 Å². The summed E-state index contributed by atoms with van der Waals surface area (Å²) in [7, 11) is -1.06. The summed E-state index contributed by atoms with van der Waals surface area (Å²) in [4.78, 5) is 0. The molecule has 1 aliphatic carbocycles. The molecule has 0 saturated carbocycles. The molecule has 2 rings (SSSR count). The minimum absolute atomic E-state index is 0. The predicted molar refractivity (Wildman–Crippen MR) is 61.5 cm³/mol. The average molecular weight is 350 g/mol. The van der Waals surface area contributed by atoms with E-state index in [0.29, 0.717) is 0 Å². The van der Waals surface area contributed by atoms with Gasteiger partial charge in [0.2, 0.25) is 0 Å². The molecule has 0 bridgehead atoms. The third-order valence-electron chi connectivity index (χ3n) is 2.73. The summed E-state index contributed by atoms with van der Waals surface area (Å²) in [6.07, 6.45) is 3.60. The maximum Gasteiger partial charge on any atom is 2.00 e. The van der Waals surface area contributed by atoms with E-state index in [-0.39, 0.29) is 51.0 Å². The van der Waals surface area contributed by atoms with E-state index in [9.17, 15) is 0 Å². The van der Waals surface area contributed by atoms with Crippen molar-refractivity contribution in [3.8, 4) is 0 Å². The van der Waals surface area contributed by atoms with Crippen molar-refractivity contribution in [1.29, 1.82) is 0 Å². The van der Waals surface area contributed by atoms with Gasteiger partial charge in [0.05, 0.1) is 8.07 Å². The second-order valence-corrected chi connectivity index (χ2v) is 9.94.